The fourth-order valence-electron chi connectivity index (χ4n) is 2.96. The second-order valence-electron chi connectivity index (χ2n) is 8.34. The number of ketones is 1. The number of carbonyl (C=O) groups is 8. The molecule has 0 heterocycles. The Labute approximate surface area is 206 Å². The summed E-state index contributed by atoms with van der Waals surface area (Å²) in [5, 5.41) is 35.8. The summed E-state index contributed by atoms with van der Waals surface area (Å²) in [7, 11) is 0. The van der Waals surface area contributed by atoms with E-state index in [4.69, 9.17) is 15.3 Å². The molecule has 0 aliphatic rings. The molecule has 0 bridgehead atoms. The van der Waals surface area contributed by atoms with E-state index in [9.17, 15) is 38.4 Å². The van der Waals surface area contributed by atoms with Gasteiger partial charge in [0.1, 0.15) is 18.1 Å². The van der Waals surface area contributed by atoms with Gasteiger partial charge < -0.3 is 36.6 Å². The molecule has 4 amide bonds. The molecule has 0 rings (SSSR count). The van der Waals surface area contributed by atoms with Gasteiger partial charge in [0.05, 0.1) is 18.9 Å². The standard InChI is InChI=1S/C21H32N4O11/c1-9(2)18(21(36)24-13(10(3)26)7-16(30)31)25-19(34)12(5-6-15(28)29)23-20(35)14(8-17(32)33)22-11(4)27/h9,12-14,18H,5-8H2,1-4H3,(H,22,27)(H,23,35)(H,24,36)(H,25,34)(H,28,29)(H,30,31)(H,32,33)/t12-,13-,14-,18-/m0/s1. The lowest BCUT2D eigenvalue weighted by Crippen LogP contribution is -2.59. The number of aliphatic carboxylic acids is 3. The first-order valence-corrected chi connectivity index (χ1v) is 10.9. The van der Waals surface area contributed by atoms with Gasteiger partial charge in [-0.3, -0.25) is 38.4 Å². The predicted molar refractivity (Wildman–Crippen MR) is 120 cm³/mol. The van der Waals surface area contributed by atoms with Crippen molar-refractivity contribution in [2.24, 2.45) is 5.92 Å². The SMILES string of the molecule is CC(=O)N[C@@H](CC(=O)O)C(=O)N[C@@H](CCC(=O)O)C(=O)N[C@H](C(=O)N[C@@H](CC(=O)O)C(C)=O)C(C)C. The van der Waals surface area contributed by atoms with Crippen LogP contribution in [-0.4, -0.2) is 86.8 Å². The molecule has 0 aromatic rings. The molecule has 0 radical (unpaired) electrons. The summed E-state index contributed by atoms with van der Waals surface area (Å²) in [6.45, 7) is 5.20. The Hall–Kier alpha value is -4.04. The van der Waals surface area contributed by atoms with Gasteiger partial charge in [-0.1, -0.05) is 13.8 Å². The van der Waals surface area contributed by atoms with Crippen LogP contribution in [0, 0.1) is 5.92 Å². The minimum atomic E-state index is -1.56. The Morgan fingerprint density at radius 2 is 1.08 bits per heavy atom. The van der Waals surface area contributed by atoms with Gasteiger partial charge in [-0.25, -0.2) is 0 Å². The second-order valence-corrected chi connectivity index (χ2v) is 8.34. The lowest BCUT2D eigenvalue weighted by molar-refractivity contribution is -0.142. The van der Waals surface area contributed by atoms with Gasteiger partial charge in [-0.15, -0.1) is 0 Å². The highest BCUT2D eigenvalue weighted by atomic mass is 16.4. The van der Waals surface area contributed by atoms with E-state index in [1.54, 1.807) is 0 Å². The van der Waals surface area contributed by atoms with Crippen LogP contribution in [-0.2, 0) is 38.4 Å². The molecule has 0 aromatic carbocycles. The molecule has 7 N–H and O–H groups in total. The number of carbonyl (C=O) groups excluding carboxylic acids is 5. The average molecular weight is 517 g/mol. The van der Waals surface area contributed by atoms with Crippen LogP contribution in [0.4, 0.5) is 0 Å². The Balaban J connectivity index is 5.74. The van der Waals surface area contributed by atoms with Crippen LogP contribution < -0.4 is 21.3 Å². The van der Waals surface area contributed by atoms with Crippen molar-refractivity contribution in [3.05, 3.63) is 0 Å². The van der Waals surface area contributed by atoms with Gasteiger partial charge in [-0.2, -0.15) is 0 Å². The van der Waals surface area contributed by atoms with Crippen molar-refractivity contribution >= 4 is 47.3 Å². The zero-order valence-electron chi connectivity index (χ0n) is 20.3. The number of carboxylic acids is 3. The third kappa shape index (κ3) is 12.4. The summed E-state index contributed by atoms with van der Waals surface area (Å²) in [5.74, 6) is -8.95. The van der Waals surface area contributed by atoms with Crippen LogP contribution in [0.25, 0.3) is 0 Å². The number of nitrogens with one attached hydrogen (secondary N) is 4. The van der Waals surface area contributed by atoms with Crippen LogP contribution in [0.2, 0.25) is 0 Å². The van der Waals surface area contributed by atoms with Gasteiger partial charge >= 0.3 is 17.9 Å². The molecular weight excluding hydrogens is 484 g/mol. The number of hydrogen-bond donors (Lipinski definition) is 7. The molecule has 36 heavy (non-hydrogen) atoms. The third-order valence-electron chi connectivity index (χ3n) is 4.79. The normalized spacial score (nSPS) is 13.9. The minimum Gasteiger partial charge on any atom is -0.481 e. The van der Waals surface area contributed by atoms with Crippen LogP contribution in [0.3, 0.4) is 0 Å². The Bertz CT molecular complexity index is 871. The van der Waals surface area contributed by atoms with Crippen molar-refractivity contribution in [2.45, 2.75) is 77.5 Å². The molecule has 202 valence electrons. The molecular formula is C21H32N4O11. The summed E-state index contributed by atoms with van der Waals surface area (Å²) in [6, 6.07) is -5.75. The molecule has 0 aliphatic carbocycles. The maximum Gasteiger partial charge on any atom is 0.305 e. The average Bonchev–Trinajstić information content (AvgIpc) is 2.71. The number of amides is 4. The van der Waals surface area contributed by atoms with E-state index in [0.29, 0.717) is 0 Å². The van der Waals surface area contributed by atoms with E-state index < -0.39 is 103 Å². The molecule has 0 aliphatic heterocycles. The van der Waals surface area contributed by atoms with E-state index in [1.807, 2.05) is 0 Å². The molecule has 15 nitrogen and oxygen atoms in total. The first-order chi connectivity index (χ1) is 16.5. The van der Waals surface area contributed by atoms with Crippen molar-refractivity contribution < 1.29 is 53.7 Å². The van der Waals surface area contributed by atoms with Crippen molar-refractivity contribution in [2.75, 3.05) is 0 Å². The number of rotatable bonds is 16. The first-order valence-electron chi connectivity index (χ1n) is 10.9. The number of hydrogen-bond acceptors (Lipinski definition) is 8. The fourth-order valence-corrected chi connectivity index (χ4v) is 2.96. The zero-order chi connectivity index (χ0) is 28.2. The van der Waals surface area contributed by atoms with E-state index in [-0.39, 0.29) is 0 Å². The van der Waals surface area contributed by atoms with E-state index >= 15 is 0 Å². The molecule has 15 heteroatoms. The maximum absolute atomic E-state index is 12.9. The summed E-state index contributed by atoms with van der Waals surface area (Å²) in [6.07, 6.45) is -2.52. The first kappa shape index (κ1) is 32.0. The highest BCUT2D eigenvalue weighted by molar-refractivity contribution is 5.97. The van der Waals surface area contributed by atoms with Crippen molar-refractivity contribution in [3.8, 4) is 0 Å². The molecule has 0 fully saturated rings. The highest BCUT2D eigenvalue weighted by Crippen LogP contribution is 2.07. The largest absolute Gasteiger partial charge is 0.481 e. The number of carboxylic acid groups (broad SMARTS) is 3. The van der Waals surface area contributed by atoms with Crippen LogP contribution >= 0.6 is 0 Å². The Morgan fingerprint density at radius 1 is 0.611 bits per heavy atom. The molecule has 0 spiro atoms. The smallest absolute Gasteiger partial charge is 0.305 e. The van der Waals surface area contributed by atoms with Crippen LogP contribution in [0.5, 0.6) is 0 Å². The maximum atomic E-state index is 12.9. The third-order valence-corrected chi connectivity index (χ3v) is 4.79. The molecule has 0 saturated carbocycles. The molecule has 0 saturated heterocycles. The van der Waals surface area contributed by atoms with Gasteiger partial charge in [0, 0.05) is 13.3 Å². The fraction of sp³-hybridized carbons (Fsp3) is 0.619. The molecule has 4 atom stereocenters. The molecule has 0 aromatic heterocycles. The minimum absolute atomic E-state index is 0.436. The van der Waals surface area contributed by atoms with Crippen molar-refractivity contribution in [1.82, 2.24) is 21.3 Å². The monoisotopic (exact) mass is 516 g/mol. The van der Waals surface area contributed by atoms with Gasteiger partial charge in [0.2, 0.25) is 23.6 Å². The predicted octanol–water partition coefficient (Wildman–Crippen LogP) is -2.00. The van der Waals surface area contributed by atoms with E-state index in [2.05, 4.69) is 21.3 Å². The lowest BCUT2D eigenvalue weighted by Gasteiger charge is -2.27. The van der Waals surface area contributed by atoms with E-state index in [0.717, 1.165) is 13.8 Å². The summed E-state index contributed by atoms with van der Waals surface area (Å²) < 4.78 is 0. The topological polar surface area (TPSA) is 245 Å². The van der Waals surface area contributed by atoms with Gasteiger partial charge in [-0.05, 0) is 19.3 Å². The zero-order valence-corrected chi connectivity index (χ0v) is 20.3. The van der Waals surface area contributed by atoms with Crippen molar-refractivity contribution in [1.29, 1.82) is 0 Å². The summed E-state index contributed by atoms with van der Waals surface area (Å²) >= 11 is 0. The Kier molecular flexibility index (Phi) is 13.4. The Morgan fingerprint density at radius 3 is 1.50 bits per heavy atom. The molecule has 0 unspecified atom stereocenters. The van der Waals surface area contributed by atoms with Crippen LogP contribution in [0.15, 0.2) is 0 Å². The van der Waals surface area contributed by atoms with Crippen LogP contribution in [0.1, 0.15) is 53.4 Å². The summed E-state index contributed by atoms with van der Waals surface area (Å²) in [5.41, 5.74) is 0. The number of Topliss-reactive ketones (excluding diaryl/α,β-unsaturated/α-hetero) is 1. The van der Waals surface area contributed by atoms with Crippen molar-refractivity contribution in [3.63, 3.8) is 0 Å². The second kappa shape index (κ2) is 15.1. The quantitative estimate of drug-likeness (QED) is 0.118. The summed E-state index contributed by atoms with van der Waals surface area (Å²) in [4.78, 5) is 94.2. The lowest BCUT2D eigenvalue weighted by atomic mass is 10.0. The van der Waals surface area contributed by atoms with Gasteiger partial charge in [0.15, 0.2) is 5.78 Å². The van der Waals surface area contributed by atoms with Gasteiger partial charge in [0.25, 0.3) is 0 Å². The van der Waals surface area contributed by atoms with E-state index in [1.165, 1.54) is 13.8 Å². The highest BCUT2D eigenvalue weighted by Gasteiger charge is 2.33.